The molecule has 1 aromatic rings. The Morgan fingerprint density at radius 2 is 1.45 bits per heavy atom. The average molecular weight is 534 g/mol. The van der Waals surface area contributed by atoms with Crippen molar-refractivity contribution in [1.82, 2.24) is 0 Å². The molecular weight excluding hydrogens is 489 g/mol. The first-order chi connectivity index (χ1) is 14.8. The SMILES string of the molecule is CCC[CH2][Sn]([CH2]CCC)([CH2]CCC)/[C](=C/C(C)(C)/C=N/OC(=O)c1ccccc1)CC. The van der Waals surface area contributed by atoms with Gasteiger partial charge >= 0.3 is 196 Å². The molecule has 0 spiro atoms. The standard InChI is InChI=1S/C15H18NO2.3C4H9.Sn/c1-4-5-11-15(2,3)12-16-18-14(17)13-9-7-6-8-10-13;3*1-3-4-2;/h6-12H,4H2,1-3H3;3*1,3-4H2,2H3;/b11-5?,16-12+;;;;. The first-order valence-corrected chi connectivity index (χ1v) is 19.8. The van der Waals surface area contributed by atoms with Crippen molar-refractivity contribution < 1.29 is 9.63 Å². The van der Waals surface area contributed by atoms with Crippen LogP contribution in [0.2, 0.25) is 13.3 Å². The summed E-state index contributed by atoms with van der Waals surface area (Å²) in [7, 11) is 0. The number of nitrogens with zero attached hydrogens (tertiary/aromatic N) is 1. The van der Waals surface area contributed by atoms with Crippen LogP contribution in [0.1, 0.15) is 96.8 Å². The van der Waals surface area contributed by atoms with Gasteiger partial charge in [0.2, 0.25) is 0 Å². The number of oxime groups is 1. The second-order valence-electron chi connectivity index (χ2n) is 9.41. The third-order valence-electron chi connectivity index (χ3n) is 6.17. The van der Waals surface area contributed by atoms with E-state index in [0.29, 0.717) is 5.56 Å². The molecule has 0 aliphatic heterocycles. The van der Waals surface area contributed by atoms with Crippen LogP contribution in [0.5, 0.6) is 0 Å². The summed E-state index contributed by atoms with van der Waals surface area (Å²) in [6, 6.07) is 9.03. The number of rotatable bonds is 15. The number of unbranched alkanes of at least 4 members (excludes halogenated alkanes) is 3. The second-order valence-corrected chi connectivity index (χ2v) is 22.8. The van der Waals surface area contributed by atoms with Gasteiger partial charge in [-0.1, -0.05) is 0 Å². The summed E-state index contributed by atoms with van der Waals surface area (Å²) in [5, 5.41) is 4.08. The summed E-state index contributed by atoms with van der Waals surface area (Å²) in [5.74, 6) is -0.408. The maximum atomic E-state index is 12.2. The Labute approximate surface area is 195 Å². The molecule has 0 aromatic heterocycles. The van der Waals surface area contributed by atoms with Crippen molar-refractivity contribution in [2.45, 2.75) is 99.8 Å². The predicted octanol–water partition coefficient (Wildman–Crippen LogP) is 8.58. The number of benzene rings is 1. The van der Waals surface area contributed by atoms with Gasteiger partial charge in [0.25, 0.3) is 0 Å². The molecule has 4 heteroatoms. The van der Waals surface area contributed by atoms with Gasteiger partial charge < -0.3 is 0 Å². The summed E-state index contributed by atoms with van der Waals surface area (Å²) in [6.45, 7) is 13.7. The van der Waals surface area contributed by atoms with Crippen molar-refractivity contribution in [1.29, 1.82) is 0 Å². The van der Waals surface area contributed by atoms with Crippen molar-refractivity contribution >= 4 is 30.6 Å². The molecule has 3 nitrogen and oxygen atoms in total. The van der Waals surface area contributed by atoms with E-state index in [1.54, 1.807) is 21.9 Å². The summed E-state index contributed by atoms with van der Waals surface area (Å²) in [6.07, 6.45) is 13.4. The molecule has 0 heterocycles. The van der Waals surface area contributed by atoms with Crippen LogP contribution < -0.4 is 0 Å². The van der Waals surface area contributed by atoms with Crippen molar-refractivity contribution in [3.8, 4) is 0 Å². The van der Waals surface area contributed by atoms with Gasteiger partial charge in [0.05, 0.1) is 0 Å². The maximum absolute atomic E-state index is 12.2. The molecule has 0 atom stereocenters. The number of hydrogen-bond acceptors (Lipinski definition) is 3. The first-order valence-electron chi connectivity index (χ1n) is 12.4. The van der Waals surface area contributed by atoms with Gasteiger partial charge in [-0.3, -0.25) is 0 Å². The second kappa shape index (κ2) is 14.9. The molecule has 0 N–H and O–H groups in total. The zero-order valence-electron chi connectivity index (χ0n) is 20.9. The quantitative estimate of drug-likeness (QED) is 0.0979. The summed E-state index contributed by atoms with van der Waals surface area (Å²) >= 11 is -2.44. The van der Waals surface area contributed by atoms with Crippen LogP contribution in [-0.4, -0.2) is 30.6 Å². The Kier molecular flexibility index (Phi) is 13.4. The molecule has 31 heavy (non-hydrogen) atoms. The van der Waals surface area contributed by atoms with Gasteiger partial charge in [-0.15, -0.1) is 0 Å². The van der Waals surface area contributed by atoms with Crippen molar-refractivity contribution in [2.75, 3.05) is 0 Å². The fourth-order valence-corrected chi connectivity index (χ4v) is 22.1. The minimum atomic E-state index is -2.44. The molecule has 0 fully saturated rings. The van der Waals surface area contributed by atoms with Crippen molar-refractivity contribution in [2.24, 2.45) is 10.6 Å². The van der Waals surface area contributed by atoms with E-state index in [1.807, 2.05) is 18.2 Å². The van der Waals surface area contributed by atoms with Gasteiger partial charge in [0, 0.05) is 0 Å². The van der Waals surface area contributed by atoms with E-state index in [4.69, 9.17) is 4.84 Å². The Bertz CT molecular complexity index is 673. The molecule has 0 bridgehead atoms. The summed E-state index contributed by atoms with van der Waals surface area (Å²) in [4.78, 5) is 17.4. The number of carbonyl (C=O) groups is 1. The Balaban J connectivity index is 3.09. The Morgan fingerprint density at radius 1 is 0.935 bits per heavy atom. The van der Waals surface area contributed by atoms with Crippen LogP contribution in [0.15, 0.2) is 45.2 Å². The molecule has 174 valence electrons. The molecule has 0 aliphatic carbocycles. The van der Waals surface area contributed by atoms with Crippen LogP contribution in [-0.2, 0) is 4.84 Å². The minimum absolute atomic E-state index is 0.227. The molecule has 0 aliphatic rings. The normalized spacial score (nSPS) is 13.0. The van der Waals surface area contributed by atoms with Crippen LogP contribution in [0.3, 0.4) is 0 Å². The van der Waals surface area contributed by atoms with Gasteiger partial charge in [-0.05, 0) is 0 Å². The van der Waals surface area contributed by atoms with Crippen molar-refractivity contribution in [3.05, 3.63) is 45.6 Å². The average Bonchev–Trinajstić information content (AvgIpc) is 2.77. The van der Waals surface area contributed by atoms with Crippen LogP contribution in [0, 0.1) is 5.41 Å². The number of carbonyl (C=O) groups excluding carboxylic acids is 1. The Hall–Kier alpha value is -1.10. The van der Waals surface area contributed by atoms with E-state index in [0.717, 1.165) is 6.42 Å². The third-order valence-corrected chi connectivity index (χ3v) is 22.7. The van der Waals surface area contributed by atoms with Crippen molar-refractivity contribution in [3.63, 3.8) is 0 Å². The molecule has 1 rings (SSSR count). The monoisotopic (exact) mass is 535 g/mol. The van der Waals surface area contributed by atoms with E-state index in [-0.39, 0.29) is 5.41 Å². The van der Waals surface area contributed by atoms with Gasteiger partial charge in [-0.25, -0.2) is 0 Å². The molecule has 0 saturated heterocycles. The molecular formula is C27H45NO2Sn. The number of hydrogen-bond donors (Lipinski definition) is 0. The van der Waals surface area contributed by atoms with E-state index in [2.05, 4.69) is 52.8 Å². The fourth-order valence-electron chi connectivity index (χ4n) is 4.36. The van der Waals surface area contributed by atoms with E-state index in [9.17, 15) is 4.79 Å². The zero-order chi connectivity index (χ0) is 23.2. The number of allylic oxidation sites excluding steroid dienone is 2. The van der Waals surface area contributed by atoms with Gasteiger partial charge in [0.1, 0.15) is 0 Å². The van der Waals surface area contributed by atoms with E-state index >= 15 is 0 Å². The van der Waals surface area contributed by atoms with Gasteiger partial charge in [0.15, 0.2) is 0 Å². The Morgan fingerprint density at radius 3 is 1.90 bits per heavy atom. The molecule has 0 radical (unpaired) electrons. The van der Waals surface area contributed by atoms with Crippen LogP contribution in [0.4, 0.5) is 0 Å². The van der Waals surface area contributed by atoms with Crippen LogP contribution >= 0.6 is 0 Å². The van der Waals surface area contributed by atoms with Gasteiger partial charge in [-0.2, -0.15) is 0 Å². The first kappa shape index (κ1) is 27.9. The fraction of sp³-hybridized carbons (Fsp3) is 0.630. The predicted molar refractivity (Wildman–Crippen MR) is 137 cm³/mol. The van der Waals surface area contributed by atoms with Crippen LogP contribution in [0.25, 0.3) is 0 Å². The topological polar surface area (TPSA) is 38.7 Å². The molecule has 0 unspecified atom stereocenters. The zero-order valence-corrected chi connectivity index (χ0v) is 23.7. The van der Waals surface area contributed by atoms with E-state index < -0.39 is 24.3 Å². The van der Waals surface area contributed by atoms with E-state index in [1.165, 1.54) is 51.8 Å². The molecule has 1 aromatic carbocycles. The summed E-state index contributed by atoms with van der Waals surface area (Å²) in [5.41, 5.74) is 0.297. The third kappa shape index (κ3) is 9.93. The summed E-state index contributed by atoms with van der Waals surface area (Å²) < 4.78 is 6.18. The molecule has 0 amide bonds. The molecule has 0 saturated carbocycles.